The molecule has 0 aliphatic heterocycles. The van der Waals surface area contributed by atoms with E-state index in [1.807, 2.05) is 0 Å². The molecule has 0 heterocycles. The average Bonchev–Trinajstić information content (AvgIpc) is 3.13. The van der Waals surface area contributed by atoms with Gasteiger partial charge in [-0.3, -0.25) is 9.59 Å². The monoisotopic (exact) mass is 218 g/mol. The molecule has 1 aromatic carbocycles. The molecule has 0 bridgehead atoms. The highest BCUT2D eigenvalue weighted by molar-refractivity contribution is 6.09. The number of Topliss-reactive ketones (excluding diaryl/α,β-unsaturated/α-hetero) is 2. The largest absolute Gasteiger partial charge is 0.497 e. The molecule has 0 aromatic heterocycles. The van der Waals surface area contributed by atoms with Gasteiger partial charge in [0.1, 0.15) is 11.5 Å². The molecule has 0 spiro atoms. The van der Waals surface area contributed by atoms with Crippen LogP contribution in [0.3, 0.4) is 0 Å². The first-order valence-electron chi connectivity index (χ1n) is 5.40. The summed E-state index contributed by atoms with van der Waals surface area (Å²) in [6.07, 6.45) is 1.92. The van der Waals surface area contributed by atoms with E-state index < -0.39 is 0 Å². The van der Waals surface area contributed by atoms with Crippen LogP contribution >= 0.6 is 0 Å². The Morgan fingerprint density at radius 1 is 1.38 bits per heavy atom. The van der Waals surface area contributed by atoms with Crippen molar-refractivity contribution in [1.82, 2.24) is 0 Å². The van der Waals surface area contributed by atoms with Gasteiger partial charge < -0.3 is 4.74 Å². The molecule has 0 radical (unpaired) electrons. The summed E-state index contributed by atoms with van der Waals surface area (Å²) >= 11 is 0. The highest BCUT2D eigenvalue weighted by Crippen LogP contribution is 2.31. The van der Waals surface area contributed by atoms with Crippen molar-refractivity contribution in [3.63, 3.8) is 0 Å². The number of rotatable bonds is 5. The van der Waals surface area contributed by atoms with Gasteiger partial charge in [-0.2, -0.15) is 0 Å². The third-order valence-electron chi connectivity index (χ3n) is 2.76. The quantitative estimate of drug-likeness (QED) is 0.562. The minimum Gasteiger partial charge on any atom is -0.497 e. The summed E-state index contributed by atoms with van der Waals surface area (Å²) in [5.74, 6) is 0.753. The molecule has 1 aliphatic carbocycles. The molecule has 1 fully saturated rings. The number of ether oxygens (including phenoxy) is 1. The van der Waals surface area contributed by atoms with Crippen molar-refractivity contribution >= 4 is 11.6 Å². The molecule has 3 nitrogen and oxygen atoms in total. The maximum atomic E-state index is 11.8. The van der Waals surface area contributed by atoms with Crippen molar-refractivity contribution in [2.24, 2.45) is 5.92 Å². The van der Waals surface area contributed by atoms with E-state index in [2.05, 4.69) is 0 Å². The zero-order valence-corrected chi connectivity index (χ0v) is 9.23. The van der Waals surface area contributed by atoms with Gasteiger partial charge in [-0.1, -0.05) is 12.1 Å². The van der Waals surface area contributed by atoms with E-state index in [0.717, 1.165) is 12.8 Å². The number of ketones is 2. The van der Waals surface area contributed by atoms with Crippen LogP contribution in [0.25, 0.3) is 0 Å². The third-order valence-corrected chi connectivity index (χ3v) is 2.76. The topological polar surface area (TPSA) is 43.4 Å². The van der Waals surface area contributed by atoms with Crippen LogP contribution < -0.4 is 4.74 Å². The lowest BCUT2D eigenvalue weighted by Gasteiger charge is -2.03. The molecule has 3 heteroatoms. The van der Waals surface area contributed by atoms with E-state index in [4.69, 9.17) is 4.74 Å². The van der Waals surface area contributed by atoms with Crippen LogP contribution in [-0.4, -0.2) is 18.7 Å². The van der Waals surface area contributed by atoms with Gasteiger partial charge in [0.15, 0.2) is 5.78 Å². The van der Waals surface area contributed by atoms with Crippen molar-refractivity contribution in [1.29, 1.82) is 0 Å². The Labute approximate surface area is 94.4 Å². The first kappa shape index (κ1) is 10.9. The van der Waals surface area contributed by atoms with E-state index in [-0.39, 0.29) is 23.9 Å². The molecular weight excluding hydrogens is 204 g/mol. The van der Waals surface area contributed by atoms with Crippen LogP contribution in [0.2, 0.25) is 0 Å². The van der Waals surface area contributed by atoms with E-state index in [0.29, 0.717) is 11.3 Å². The van der Waals surface area contributed by atoms with Gasteiger partial charge in [0.05, 0.1) is 13.5 Å². The van der Waals surface area contributed by atoms with Crippen LogP contribution in [-0.2, 0) is 4.79 Å². The molecule has 0 saturated heterocycles. The fourth-order valence-electron chi connectivity index (χ4n) is 1.61. The van der Waals surface area contributed by atoms with Crippen molar-refractivity contribution in [3.05, 3.63) is 29.8 Å². The van der Waals surface area contributed by atoms with Crippen LogP contribution in [0.15, 0.2) is 24.3 Å². The van der Waals surface area contributed by atoms with Gasteiger partial charge in [0, 0.05) is 11.5 Å². The molecule has 0 unspecified atom stereocenters. The third kappa shape index (κ3) is 2.48. The number of hydrogen-bond donors (Lipinski definition) is 0. The first-order valence-corrected chi connectivity index (χ1v) is 5.40. The molecule has 1 aromatic rings. The van der Waals surface area contributed by atoms with Gasteiger partial charge in [-0.05, 0) is 25.0 Å². The lowest BCUT2D eigenvalue weighted by atomic mass is 10.0. The number of benzene rings is 1. The second-order valence-corrected chi connectivity index (χ2v) is 4.07. The zero-order valence-electron chi connectivity index (χ0n) is 9.23. The summed E-state index contributed by atoms with van der Waals surface area (Å²) in [6.45, 7) is 0. The van der Waals surface area contributed by atoms with E-state index in [1.54, 1.807) is 31.4 Å². The van der Waals surface area contributed by atoms with Crippen molar-refractivity contribution in [2.45, 2.75) is 19.3 Å². The molecule has 84 valence electrons. The Kier molecular flexibility index (Phi) is 3.04. The number of methoxy groups -OCH3 is 1. The molecule has 1 aliphatic rings. The van der Waals surface area contributed by atoms with Crippen molar-refractivity contribution in [3.8, 4) is 5.75 Å². The molecule has 0 amide bonds. The SMILES string of the molecule is COc1cccc(C(=O)CC(=O)C2CC2)c1. The normalized spacial score (nSPS) is 14.6. The predicted molar refractivity (Wildman–Crippen MR) is 59.7 cm³/mol. The second kappa shape index (κ2) is 4.47. The number of carbonyl (C=O) groups excluding carboxylic acids is 2. The standard InChI is InChI=1S/C13H14O3/c1-16-11-4-2-3-10(7-11)13(15)8-12(14)9-5-6-9/h2-4,7,9H,5-6,8H2,1H3. The maximum Gasteiger partial charge on any atom is 0.170 e. The zero-order chi connectivity index (χ0) is 11.5. The van der Waals surface area contributed by atoms with E-state index in [1.165, 1.54) is 0 Å². The lowest BCUT2D eigenvalue weighted by molar-refractivity contribution is -0.119. The fraction of sp³-hybridized carbons (Fsp3) is 0.385. The summed E-state index contributed by atoms with van der Waals surface area (Å²) in [5.41, 5.74) is 0.549. The van der Waals surface area contributed by atoms with Crippen LogP contribution in [0.1, 0.15) is 29.6 Å². The van der Waals surface area contributed by atoms with Gasteiger partial charge in [0.2, 0.25) is 0 Å². The first-order chi connectivity index (χ1) is 7.70. The van der Waals surface area contributed by atoms with Gasteiger partial charge in [-0.15, -0.1) is 0 Å². The highest BCUT2D eigenvalue weighted by Gasteiger charge is 2.30. The van der Waals surface area contributed by atoms with Crippen LogP contribution in [0, 0.1) is 5.92 Å². The van der Waals surface area contributed by atoms with Crippen molar-refractivity contribution in [2.75, 3.05) is 7.11 Å². The Balaban J connectivity index is 2.04. The maximum absolute atomic E-state index is 11.8. The lowest BCUT2D eigenvalue weighted by Crippen LogP contribution is -2.09. The van der Waals surface area contributed by atoms with Crippen molar-refractivity contribution < 1.29 is 14.3 Å². The molecule has 0 N–H and O–H groups in total. The molecule has 0 atom stereocenters. The fourth-order valence-corrected chi connectivity index (χ4v) is 1.61. The Hall–Kier alpha value is -1.64. The minimum absolute atomic E-state index is 0.0256. The number of hydrogen-bond acceptors (Lipinski definition) is 3. The molecule has 16 heavy (non-hydrogen) atoms. The Bertz CT molecular complexity index is 419. The summed E-state index contributed by atoms with van der Waals surface area (Å²) in [4.78, 5) is 23.3. The average molecular weight is 218 g/mol. The van der Waals surface area contributed by atoms with Gasteiger partial charge in [0.25, 0.3) is 0 Å². The van der Waals surface area contributed by atoms with E-state index >= 15 is 0 Å². The van der Waals surface area contributed by atoms with Crippen LogP contribution in [0.4, 0.5) is 0 Å². The minimum atomic E-state index is -0.115. The highest BCUT2D eigenvalue weighted by atomic mass is 16.5. The predicted octanol–water partition coefficient (Wildman–Crippen LogP) is 2.25. The smallest absolute Gasteiger partial charge is 0.170 e. The summed E-state index contributed by atoms with van der Waals surface area (Å²) in [7, 11) is 1.55. The van der Waals surface area contributed by atoms with Gasteiger partial charge in [-0.25, -0.2) is 0 Å². The Morgan fingerprint density at radius 3 is 2.75 bits per heavy atom. The molecular formula is C13H14O3. The van der Waals surface area contributed by atoms with Crippen LogP contribution in [0.5, 0.6) is 5.75 Å². The second-order valence-electron chi connectivity index (χ2n) is 4.07. The summed E-state index contributed by atoms with van der Waals surface area (Å²) in [6, 6.07) is 6.92. The number of carbonyl (C=O) groups is 2. The molecule has 2 rings (SSSR count). The van der Waals surface area contributed by atoms with E-state index in [9.17, 15) is 9.59 Å². The Morgan fingerprint density at radius 2 is 2.12 bits per heavy atom. The van der Waals surface area contributed by atoms with Gasteiger partial charge >= 0.3 is 0 Å². The summed E-state index contributed by atoms with van der Waals surface area (Å²) < 4.78 is 5.03. The molecule has 1 saturated carbocycles. The summed E-state index contributed by atoms with van der Waals surface area (Å²) in [5, 5.41) is 0.